The van der Waals surface area contributed by atoms with E-state index in [9.17, 15) is 8.78 Å². The summed E-state index contributed by atoms with van der Waals surface area (Å²) in [5, 5.41) is 3.43. The van der Waals surface area contributed by atoms with Gasteiger partial charge in [0.05, 0.1) is 5.69 Å². The number of nitrogens with one attached hydrogen (secondary N) is 1. The molecule has 0 unspecified atom stereocenters. The minimum absolute atomic E-state index is 0.446. The van der Waals surface area contributed by atoms with Gasteiger partial charge in [0.1, 0.15) is 11.6 Å². The fraction of sp³-hybridized carbons (Fsp3) is 0.292. The van der Waals surface area contributed by atoms with E-state index in [0.717, 1.165) is 44.1 Å². The van der Waals surface area contributed by atoms with Gasteiger partial charge in [0.25, 0.3) is 0 Å². The fourth-order valence-corrected chi connectivity index (χ4v) is 3.91. The van der Waals surface area contributed by atoms with Gasteiger partial charge in [-0.3, -0.25) is 4.98 Å². The molecule has 0 atom stereocenters. The van der Waals surface area contributed by atoms with Crippen LogP contribution in [0.2, 0.25) is 0 Å². The number of anilines is 1. The normalized spacial score (nSPS) is 14.7. The topological polar surface area (TPSA) is 28.2 Å². The van der Waals surface area contributed by atoms with E-state index in [0.29, 0.717) is 17.3 Å². The second-order valence-corrected chi connectivity index (χ2v) is 7.65. The third-order valence-corrected chi connectivity index (χ3v) is 5.45. The van der Waals surface area contributed by atoms with Crippen LogP contribution in [-0.2, 0) is 6.54 Å². The Hall–Kier alpha value is -2.79. The van der Waals surface area contributed by atoms with Gasteiger partial charge in [-0.2, -0.15) is 0 Å². The molecular formula is C24H25F2N3. The Balaban J connectivity index is 1.64. The molecule has 5 heteroatoms. The summed E-state index contributed by atoms with van der Waals surface area (Å²) in [7, 11) is 0. The van der Waals surface area contributed by atoms with Crippen LogP contribution in [0.1, 0.15) is 24.0 Å². The summed E-state index contributed by atoms with van der Waals surface area (Å²) in [6, 6.07) is 16.5. The van der Waals surface area contributed by atoms with Crippen molar-refractivity contribution < 1.29 is 8.78 Å². The molecule has 0 spiro atoms. The van der Waals surface area contributed by atoms with E-state index in [-0.39, 0.29) is 0 Å². The molecule has 2 aromatic carbocycles. The monoisotopic (exact) mass is 393 g/mol. The van der Waals surface area contributed by atoms with Crippen molar-refractivity contribution in [2.75, 3.05) is 18.0 Å². The Morgan fingerprint density at radius 3 is 2.34 bits per heavy atom. The maximum absolute atomic E-state index is 13.6. The van der Waals surface area contributed by atoms with Gasteiger partial charge >= 0.3 is 0 Å². The third kappa shape index (κ3) is 4.80. The van der Waals surface area contributed by atoms with Crippen molar-refractivity contribution in [1.82, 2.24) is 10.3 Å². The molecule has 0 aliphatic carbocycles. The number of rotatable bonds is 5. The molecule has 3 nitrogen and oxygen atoms in total. The summed E-state index contributed by atoms with van der Waals surface area (Å²) in [6.45, 7) is 4.83. The van der Waals surface area contributed by atoms with Gasteiger partial charge < -0.3 is 10.2 Å². The van der Waals surface area contributed by atoms with Gasteiger partial charge in [-0.1, -0.05) is 17.7 Å². The van der Waals surface area contributed by atoms with Crippen molar-refractivity contribution >= 4 is 5.69 Å². The van der Waals surface area contributed by atoms with Crippen LogP contribution in [0.5, 0.6) is 0 Å². The van der Waals surface area contributed by atoms with Crippen LogP contribution >= 0.6 is 0 Å². The van der Waals surface area contributed by atoms with Crippen LogP contribution < -0.4 is 10.2 Å². The summed E-state index contributed by atoms with van der Waals surface area (Å²) in [5.41, 5.74) is 4.53. The molecule has 2 heterocycles. The van der Waals surface area contributed by atoms with E-state index in [1.54, 1.807) is 6.20 Å². The molecule has 3 aromatic rings. The minimum atomic E-state index is -0.594. The zero-order valence-electron chi connectivity index (χ0n) is 16.5. The highest BCUT2D eigenvalue weighted by Gasteiger charge is 2.22. The molecule has 0 saturated carbocycles. The zero-order chi connectivity index (χ0) is 20.2. The summed E-state index contributed by atoms with van der Waals surface area (Å²) in [4.78, 5) is 6.77. The highest BCUT2D eigenvalue weighted by Crippen LogP contribution is 2.26. The van der Waals surface area contributed by atoms with Gasteiger partial charge in [-0.05, 0) is 74.8 Å². The standard InChI is InChI=1S/C24H25F2N3/c1-17-2-4-22(5-3-17)29(23-7-9-27-10-8-23)16-18-6-11-28-24(12-18)19-13-20(25)15-21(26)14-19/h2-6,11-15,23,27H,7-10,16H2,1H3. The molecule has 1 aliphatic rings. The van der Waals surface area contributed by atoms with Crippen molar-refractivity contribution in [3.8, 4) is 11.3 Å². The molecule has 1 aliphatic heterocycles. The van der Waals surface area contributed by atoms with Gasteiger partial charge in [0.15, 0.2) is 0 Å². The first-order valence-corrected chi connectivity index (χ1v) is 10.0. The molecule has 1 aromatic heterocycles. The lowest BCUT2D eigenvalue weighted by Gasteiger charge is -2.36. The van der Waals surface area contributed by atoms with Crippen molar-refractivity contribution in [3.63, 3.8) is 0 Å². The zero-order valence-corrected chi connectivity index (χ0v) is 16.5. The number of piperidine rings is 1. The first-order valence-electron chi connectivity index (χ1n) is 10.0. The Bertz CT molecular complexity index is 946. The van der Waals surface area contributed by atoms with E-state index in [2.05, 4.69) is 46.4 Å². The summed E-state index contributed by atoms with van der Waals surface area (Å²) in [5.74, 6) is -1.19. The minimum Gasteiger partial charge on any atom is -0.364 e. The van der Waals surface area contributed by atoms with Crippen molar-refractivity contribution in [2.45, 2.75) is 32.4 Å². The number of pyridine rings is 1. The molecule has 0 amide bonds. The first kappa shape index (κ1) is 19.5. The Morgan fingerprint density at radius 1 is 0.966 bits per heavy atom. The summed E-state index contributed by atoms with van der Waals surface area (Å²) >= 11 is 0. The number of aryl methyl sites for hydroxylation is 1. The number of nitrogens with zero attached hydrogens (tertiary/aromatic N) is 2. The number of aromatic nitrogens is 1. The van der Waals surface area contributed by atoms with Crippen LogP contribution in [0, 0.1) is 18.6 Å². The Kier molecular flexibility index (Phi) is 5.86. The molecule has 29 heavy (non-hydrogen) atoms. The fourth-order valence-electron chi connectivity index (χ4n) is 3.91. The highest BCUT2D eigenvalue weighted by molar-refractivity contribution is 5.60. The van der Waals surface area contributed by atoms with Crippen LogP contribution in [0.15, 0.2) is 60.8 Å². The SMILES string of the molecule is Cc1ccc(N(Cc2ccnc(-c3cc(F)cc(F)c3)c2)C2CCNCC2)cc1. The van der Waals surface area contributed by atoms with Crippen LogP contribution in [0.25, 0.3) is 11.3 Å². The molecule has 0 radical (unpaired) electrons. The van der Waals surface area contributed by atoms with E-state index in [1.165, 1.54) is 23.4 Å². The molecule has 1 N–H and O–H groups in total. The smallest absolute Gasteiger partial charge is 0.126 e. The van der Waals surface area contributed by atoms with E-state index >= 15 is 0 Å². The van der Waals surface area contributed by atoms with Gasteiger partial charge in [-0.25, -0.2) is 8.78 Å². The number of halogens is 2. The Morgan fingerprint density at radius 2 is 1.66 bits per heavy atom. The van der Waals surface area contributed by atoms with E-state index < -0.39 is 11.6 Å². The molecule has 1 fully saturated rings. The predicted octanol–water partition coefficient (Wildman–Crippen LogP) is 5.09. The number of hydrogen-bond donors (Lipinski definition) is 1. The highest BCUT2D eigenvalue weighted by atomic mass is 19.1. The van der Waals surface area contributed by atoms with E-state index in [1.807, 2.05) is 12.1 Å². The third-order valence-electron chi connectivity index (χ3n) is 5.45. The Labute approximate surface area is 170 Å². The lowest BCUT2D eigenvalue weighted by molar-refractivity contribution is 0.428. The number of benzene rings is 2. The van der Waals surface area contributed by atoms with Gasteiger partial charge in [-0.15, -0.1) is 0 Å². The second kappa shape index (κ2) is 8.70. The van der Waals surface area contributed by atoms with Gasteiger partial charge in [0.2, 0.25) is 0 Å². The molecule has 1 saturated heterocycles. The summed E-state index contributed by atoms with van der Waals surface area (Å²) in [6.07, 6.45) is 3.88. The number of hydrogen-bond acceptors (Lipinski definition) is 3. The van der Waals surface area contributed by atoms with Crippen molar-refractivity contribution in [2.24, 2.45) is 0 Å². The average Bonchev–Trinajstić information content (AvgIpc) is 2.73. The predicted molar refractivity (Wildman–Crippen MR) is 113 cm³/mol. The van der Waals surface area contributed by atoms with Crippen LogP contribution in [0.4, 0.5) is 14.5 Å². The van der Waals surface area contributed by atoms with E-state index in [4.69, 9.17) is 0 Å². The quantitative estimate of drug-likeness (QED) is 0.654. The van der Waals surface area contributed by atoms with Crippen LogP contribution in [-0.4, -0.2) is 24.1 Å². The largest absolute Gasteiger partial charge is 0.364 e. The van der Waals surface area contributed by atoms with Gasteiger partial charge in [0, 0.05) is 36.1 Å². The molecular weight excluding hydrogens is 368 g/mol. The molecule has 0 bridgehead atoms. The maximum atomic E-state index is 13.6. The summed E-state index contributed by atoms with van der Waals surface area (Å²) < 4.78 is 27.3. The van der Waals surface area contributed by atoms with Crippen molar-refractivity contribution in [3.05, 3.63) is 83.6 Å². The maximum Gasteiger partial charge on any atom is 0.126 e. The lowest BCUT2D eigenvalue weighted by atomic mass is 10.0. The molecule has 4 rings (SSSR count). The molecule has 150 valence electrons. The van der Waals surface area contributed by atoms with Crippen molar-refractivity contribution in [1.29, 1.82) is 0 Å². The lowest BCUT2D eigenvalue weighted by Crippen LogP contribution is -2.43. The average molecular weight is 393 g/mol. The first-order chi connectivity index (χ1) is 14.1. The van der Waals surface area contributed by atoms with Crippen LogP contribution in [0.3, 0.4) is 0 Å². The second-order valence-electron chi connectivity index (χ2n) is 7.65.